The van der Waals surface area contributed by atoms with Crippen molar-refractivity contribution in [2.24, 2.45) is 0 Å². The lowest BCUT2D eigenvalue weighted by molar-refractivity contribution is 0.293. The lowest BCUT2D eigenvalue weighted by atomic mass is 9.79. The molecule has 0 spiro atoms. The third-order valence-electron chi connectivity index (χ3n) is 15.1. The van der Waals surface area contributed by atoms with Gasteiger partial charge >= 0.3 is 0 Å². The van der Waals surface area contributed by atoms with Crippen molar-refractivity contribution in [3.05, 3.63) is 252 Å². The zero-order valence-corrected chi connectivity index (χ0v) is 55.0. The Hall–Kier alpha value is -5.12. The topological polar surface area (TPSA) is 36.9 Å². The molecule has 8 aromatic carbocycles. The molecule has 80 heavy (non-hydrogen) atoms. The molecule has 8 bridgehead atoms. The van der Waals surface area contributed by atoms with Crippen molar-refractivity contribution >= 4 is 63.7 Å². The molecule has 0 aliphatic heterocycles. The maximum absolute atomic E-state index is 7.35. The summed E-state index contributed by atoms with van der Waals surface area (Å²) >= 11 is 14.7. The lowest BCUT2D eigenvalue weighted by Gasteiger charge is -2.29. The minimum atomic E-state index is -0.187. The largest absolute Gasteiger partial charge is 0.488 e. The number of hydrogen-bond acceptors (Lipinski definition) is 4. The van der Waals surface area contributed by atoms with Crippen LogP contribution in [0.1, 0.15) is 172 Å². The third-order valence-corrected chi connectivity index (χ3v) is 17.3. The molecule has 1 aliphatic carbocycles. The second-order valence-corrected chi connectivity index (χ2v) is 29.5. The van der Waals surface area contributed by atoms with E-state index in [0.29, 0.717) is 52.1 Å². The predicted octanol–water partition coefficient (Wildman–Crippen LogP) is 20.9. The van der Waals surface area contributed by atoms with E-state index in [0.717, 1.165) is 108 Å². The van der Waals surface area contributed by atoms with Crippen molar-refractivity contribution in [2.45, 2.75) is 157 Å². The van der Waals surface area contributed by atoms with Crippen molar-refractivity contribution in [2.75, 3.05) is 0 Å². The molecule has 0 aromatic heterocycles. The standard InChI is InChI=1S/C72H76Br4O4/c1-69(2,3)57-33-49-29-51-35-58(70(4,5)6)37-53(66(51)78-42-46-15-23-62(74)24-16-46)31-55-39-60(72(10,11)12)40-56(68(55)80-44-48-19-27-64(76)28-20-48)32-54-38-59(71(7,8)9)36-52(67(54)79-43-47-17-25-63(75)26-18-47)30-50(34-57)65(49)77-41-45-13-21-61(73)22-14-45/h13-28,33-40H,29-32,41-44H2,1-12H3. The maximum atomic E-state index is 7.35. The molecule has 9 rings (SSSR count). The number of rotatable bonds is 12. The van der Waals surface area contributed by atoms with Crippen LogP contribution in [0.3, 0.4) is 0 Å². The Kier molecular flexibility index (Phi) is 18.1. The van der Waals surface area contributed by atoms with Gasteiger partial charge in [0.1, 0.15) is 49.4 Å². The molecule has 0 unspecified atom stereocenters. The van der Waals surface area contributed by atoms with Crippen LogP contribution in [0.15, 0.2) is 163 Å². The maximum Gasteiger partial charge on any atom is 0.126 e. The predicted molar refractivity (Wildman–Crippen MR) is 346 cm³/mol. The van der Waals surface area contributed by atoms with Crippen LogP contribution in [0, 0.1) is 0 Å². The summed E-state index contributed by atoms with van der Waals surface area (Å²) in [5, 5.41) is 0. The van der Waals surface area contributed by atoms with Gasteiger partial charge in [0.05, 0.1) is 0 Å². The molecule has 1 aliphatic rings. The molecule has 0 N–H and O–H groups in total. The highest BCUT2D eigenvalue weighted by Gasteiger charge is 2.30. The molecule has 8 heteroatoms. The van der Waals surface area contributed by atoms with Crippen LogP contribution in [0.5, 0.6) is 23.0 Å². The van der Waals surface area contributed by atoms with Crippen LogP contribution in [0.25, 0.3) is 0 Å². The van der Waals surface area contributed by atoms with Crippen LogP contribution < -0.4 is 18.9 Å². The fourth-order valence-corrected chi connectivity index (χ4v) is 11.4. The first kappa shape index (κ1) is 59.5. The molecule has 0 fully saturated rings. The molecule has 0 atom stereocenters. The van der Waals surface area contributed by atoms with Gasteiger partial charge < -0.3 is 18.9 Å². The summed E-state index contributed by atoms with van der Waals surface area (Å²) in [6, 6.07) is 53.1. The zero-order valence-electron chi connectivity index (χ0n) is 48.7. The SMILES string of the molecule is CC(C)(C)c1cc2c(OCc3ccc(Br)cc3)c(c1)Cc1cc(C(C)(C)C)cc(c1OCc1ccc(Br)cc1)Cc1cc(C(C)(C)C)cc(c1OCc1ccc(Br)cc1)Cc1cc(C(C)(C)C)cc(c1OCc1ccc(Br)cc1)C2. The van der Waals surface area contributed by atoms with Crippen molar-refractivity contribution in [3.63, 3.8) is 0 Å². The summed E-state index contributed by atoms with van der Waals surface area (Å²) in [4.78, 5) is 0. The summed E-state index contributed by atoms with van der Waals surface area (Å²) in [6.45, 7) is 29.4. The Labute approximate surface area is 511 Å². The average molecular weight is 1330 g/mol. The van der Waals surface area contributed by atoms with Crippen molar-refractivity contribution in [1.82, 2.24) is 0 Å². The molecule has 416 valence electrons. The minimum absolute atomic E-state index is 0.187. The van der Waals surface area contributed by atoms with E-state index in [-0.39, 0.29) is 21.7 Å². The highest BCUT2D eigenvalue weighted by atomic mass is 79.9. The van der Waals surface area contributed by atoms with E-state index in [1.807, 2.05) is 0 Å². The number of benzene rings is 8. The number of ether oxygens (including phenoxy) is 4. The van der Waals surface area contributed by atoms with Gasteiger partial charge in [0.2, 0.25) is 0 Å². The highest BCUT2D eigenvalue weighted by molar-refractivity contribution is 9.11. The van der Waals surface area contributed by atoms with Crippen LogP contribution in [0.2, 0.25) is 0 Å². The van der Waals surface area contributed by atoms with Gasteiger partial charge in [-0.15, -0.1) is 0 Å². The first-order valence-electron chi connectivity index (χ1n) is 27.9. The van der Waals surface area contributed by atoms with Crippen molar-refractivity contribution < 1.29 is 18.9 Å². The van der Waals surface area contributed by atoms with Gasteiger partial charge in [-0.1, -0.05) is 244 Å². The van der Waals surface area contributed by atoms with Gasteiger partial charge in [0.25, 0.3) is 0 Å². The minimum Gasteiger partial charge on any atom is -0.488 e. The first-order chi connectivity index (χ1) is 37.7. The fourth-order valence-electron chi connectivity index (χ4n) is 10.3. The van der Waals surface area contributed by atoms with E-state index >= 15 is 0 Å². The molecule has 4 nitrogen and oxygen atoms in total. The van der Waals surface area contributed by atoms with Gasteiger partial charge in [-0.25, -0.2) is 0 Å². The fraction of sp³-hybridized carbons (Fsp3) is 0.333. The zero-order chi connectivity index (χ0) is 57.3. The van der Waals surface area contributed by atoms with E-state index in [1.165, 1.54) is 22.3 Å². The quantitative estimate of drug-likeness (QED) is 0.122. The van der Waals surface area contributed by atoms with E-state index in [1.54, 1.807) is 0 Å². The van der Waals surface area contributed by atoms with Gasteiger partial charge in [0, 0.05) is 43.6 Å². The first-order valence-corrected chi connectivity index (χ1v) is 31.0. The van der Waals surface area contributed by atoms with E-state index in [9.17, 15) is 0 Å². The molecular formula is C72H76Br4O4. The summed E-state index contributed by atoms with van der Waals surface area (Å²) in [6.07, 6.45) is 2.28. The molecule has 0 radical (unpaired) electrons. The van der Waals surface area contributed by atoms with E-state index < -0.39 is 0 Å². The Morgan fingerprint density at radius 1 is 0.263 bits per heavy atom. The van der Waals surface area contributed by atoms with Crippen LogP contribution in [0.4, 0.5) is 0 Å². The molecule has 0 saturated heterocycles. The smallest absolute Gasteiger partial charge is 0.126 e. The van der Waals surface area contributed by atoms with Crippen LogP contribution >= 0.6 is 63.7 Å². The summed E-state index contributed by atoms with van der Waals surface area (Å²) in [5.41, 5.74) is 17.5. The Bertz CT molecular complexity index is 2920. The van der Waals surface area contributed by atoms with Gasteiger partial charge in [-0.2, -0.15) is 0 Å². The van der Waals surface area contributed by atoms with E-state index in [2.05, 4.69) is 292 Å². The van der Waals surface area contributed by atoms with Crippen LogP contribution in [-0.2, 0) is 73.8 Å². The van der Waals surface area contributed by atoms with Gasteiger partial charge in [0.15, 0.2) is 0 Å². The monoisotopic (exact) mass is 1320 g/mol. The van der Waals surface area contributed by atoms with Crippen molar-refractivity contribution in [1.29, 1.82) is 0 Å². The van der Waals surface area contributed by atoms with Gasteiger partial charge in [-0.3, -0.25) is 0 Å². The molecular weight excluding hydrogens is 1250 g/mol. The number of hydrogen-bond donors (Lipinski definition) is 0. The average Bonchev–Trinajstić information content (AvgIpc) is 3.45. The molecule has 0 saturated carbocycles. The highest BCUT2D eigenvalue weighted by Crippen LogP contribution is 2.45. The summed E-state index contributed by atoms with van der Waals surface area (Å²) in [7, 11) is 0. The molecule has 0 heterocycles. The Morgan fingerprint density at radius 2 is 0.412 bits per heavy atom. The summed E-state index contributed by atoms with van der Waals surface area (Å²) < 4.78 is 33.5. The molecule has 0 amide bonds. The van der Waals surface area contributed by atoms with E-state index in [4.69, 9.17) is 18.9 Å². The second-order valence-electron chi connectivity index (χ2n) is 25.9. The lowest BCUT2D eigenvalue weighted by Crippen LogP contribution is -2.17. The van der Waals surface area contributed by atoms with Crippen molar-refractivity contribution in [3.8, 4) is 23.0 Å². The third kappa shape index (κ3) is 14.9. The number of halogens is 4. The normalized spacial score (nSPS) is 13.0. The second kappa shape index (κ2) is 24.4. The molecule has 8 aromatic rings. The van der Waals surface area contributed by atoms with Gasteiger partial charge in [-0.05, 0) is 159 Å². The summed E-state index contributed by atoms with van der Waals surface area (Å²) in [5.74, 6) is 3.55. The Morgan fingerprint density at radius 3 is 0.550 bits per heavy atom. The van der Waals surface area contributed by atoms with Crippen LogP contribution in [-0.4, -0.2) is 0 Å². The number of fused-ring (bicyclic) bond motifs is 8. The Balaban J connectivity index is 1.38.